The highest BCUT2D eigenvalue weighted by atomic mass is 35.5. The number of morpholine rings is 1. The number of hydrogen-bond acceptors (Lipinski definition) is 6. The molecule has 1 aliphatic heterocycles. The average molecular weight is 524 g/mol. The highest BCUT2D eigenvalue weighted by Crippen LogP contribution is 2.37. The molecular weight excluding hydrogens is 495 g/mol. The van der Waals surface area contributed by atoms with Crippen LogP contribution in [0.3, 0.4) is 0 Å². The standard InChI is InChI=1S/C25H29ClF3N5O2/c1-16-11-30-24(36-16)18-4-8-20(9-5-18)34-13-23(22-12-33(32-31-22)15-25(27,28)29)35-14-21(34)10-17-2-6-19(26)7-3-17/h2-3,6-7,11-12,18,20-21,23H,4-5,8-10,13-15H2,1H3/t18?,20?,21-,23+/m0/s1. The van der Waals surface area contributed by atoms with Crippen LogP contribution < -0.4 is 0 Å². The molecule has 36 heavy (non-hydrogen) atoms. The van der Waals surface area contributed by atoms with E-state index in [4.69, 9.17) is 20.8 Å². The van der Waals surface area contributed by atoms with Gasteiger partial charge in [-0.3, -0.25) is 4.90 Å². The van der Waals surface area contributed by atoms with Crippen molar-refractivity contribution in [3.05, 3.63) is 64.6 Å². The van der Waals surface area contributed by atoms with Crippen molar-refractivity contribution >= 4 is 11.6 Å². The zero-order valence-corrected chi connectivity index (χ0v) is 20.8. The molecule has 0 N–H and O–H groups in total. The molecule has 0 unspecified atom stereocenters. The minimum absolute atomic E-state index is 0.137. The monoisotopic (exact) mass is 523 g/mol. The number of hydrogen-bond donors (Lipinski definition) is 0. The number of aryl methyl sites for hydroxylation is 1. The molecule has 2 fully saturated rings. The summed E-state index contributed by atoms with van der Waals surface area (Å²) in [4.78, 5) is 6.89. The van der Waals surface area contributed by atoms with Crippen molar-refractivity contribution in [3.63, 3.8) is 0 Å². The molecule has 7 nitrogen and oxygen atoms in total. The van der Waals surface area contributed by atoms with Crippen LogP contribution in [0.5, 0.6) is 0 Å². The van der Waals surface area contributed by atoms with E-state index < -0.39 is 18.8 Å². The maximum atomic E-state index is 12.8. The number of benzene rings is 1. The van der Waals surface area contributed by atoms with E-state index in [1.807, 2.05) is 31.2 Å². The van der Waals surface area contributed by atoms with Gasteiger partial charge in [-0.25, -0.2) is 9.67 Å². The predicted octanol–water partition coefficient (Wildman–Crippen LogP) is 5.50. The van der Waals surface area contributed by atoms with E-state index >= 15 is 0 Å². The van der Waals surface area contributed by atoms with Gasteiger partial charge < -0.3 is 9.15 Å². The van der Waals surface area contributed by atoms with Crippen LogP contribution in [0.1, 0.15) is 60.6 Å². The molecule has 0 radical (unpaired) electrons. The first-order chi connectivity index (χ1) is 17.2. The Morgan fingerprint density at radius 1 is 1.11 bits per heavy atom. The van der Waals surface area contributed by atoms with Crippen molar-refractivity contribution in [2.75, 3.05) is 13.2 Å². The molecule has 1 saturated heterocycles. The van der Waals surface area contributed by atoms with Crippen molar-refractivity contribution < 1.29 is 22.3 Å². The summed E-state index contributed by atoms with van der Waals surface area (Å²) in [6.45, 7) is 1.75. The Labute approximate surface area is 212 Å². The third-order valence-electron chi connectivity index (χ3n) is 7.10. The molecule has 3 heterocycles. The molecule has 194 valence electrons. The molecule has 0 bridgehead atoms. The molecule has 2 atom stereocenters. The summed E-state index contributed by atoms with van der Waals surface area (Å²) in [7, 11) is 0. The minimum Gasteiger partial charge on any atom is -0.446 e. The van der Waals surface area contributed by atoms with E-state index in [9.17, 15) is 13.2 Å². The number of halogens is 4. The van der Waals surface area contributed by atoms with Gasteiger partial charge in [-0.1, -0.05) is 28.9 Å². The Bertz CT molecular complexity index is 1140. The Morgan fingerprint density at radius 3 is 2.53 bits per heavy atom. The zero-order valence-electron chi connectivity index (χ0n) is 20.0. The van der Waals surface area contributed by atoms with Gasteiger partial charge in [0.2, 0.25) is 0 Å². The van der Waals surface area contributed by atoms with Crippen molar-refractivity contribution in [2.24, 2.45) is 0 Å². The Balaban J connectivity index is 1.30. The summed E-state index contributed by atoms with van der Waals surface area (Å²) >= 11 is 6.07. The number of aromatic nitrogens is 4. The third kappa shape index (κ3) is 6.10. The maximum Gasteiger partial charge on any atom is 0.408 e. The van der Waals surface area contributed by atoms with Crippen LogP contribution in [0.25, 0.3) is 0 Å². The van der Waals surface area contributed by atoms with Gasteiger partial charge in [-0.2, -0.15) is 13.2 Å². The summed E-state index contributed by atoms with van der Waals surface area (Å²) in [5.74, 6) is 1.94. The zero-order chi connectivity index (χ0) is 25.3. The third-order valence-corrected chi connectivity index (χ3v) is 7.35. The first kappa shape index (κ1) is 25.2. The van der Waals surface area contributed by atoms with E-state index in [1.165, 1.54) is 6.20 Å². The minimum atomic E-state index is -4.35. The predicted molar refractivity (Wildman–Crippen MR) is 127 cm³/mol. The smallest absolute Gasteiger partial charge is 0.408 e. The van der Waals surface area contributed by atoms with E-state index in [2.05, 4.69) is 20.2 Å². The van der Waals surface area contributed by atoms with Crippen LogP contribution in [0.15, 0.2) is 41.1 Å². The summed E-state index contributed by atoms with van der Waals surface area (Å²) in [6, 6.07) is 8.28. The summed E-state index contributed by atoms with van der Waals surface area (Å²) in [5.41, 5.74) is 1.59. The Morgan fingerprint density at radius 2 is 1.86 bits per heavy atom. The van der Waals surface area contributed by atoms with Crippen molar-refractivity contribution in [3.8, 4) is 0 Å². The van der Waals surface area contributed by atoms with Crippen LogP contribution >= 0.6 is 11.6 Å². The molecule has 1 aliphatic carbocycles. The van der Waals surface area contributed by atoms with Gasteiger partial charge in [0.25, 0.3) is 0 Å². The van der Waals surface area contributed by atoms with Gasteiger partial charge in [0.05, 0.1) is 19.0 Å². The van der Waals surface area contributed by atoms with Crippen molar-refractivity contribution in [2.45, 2.75) is 75.9 Å². The highest BCUT2D eigenvalue weighted by molar-refractivity contribution is 6.30. The number of ether oxygens (including phenoxy) is 1. The van der Waals surface area contributed by atoms with E-state index in [0.29, 0.717) is 35.8 Å². The number of oxazole rings is 1. The van der Waals surface area contributed by atoms with Gasteiger partial charge in [0.15, 0.2) is 5.89 Å². The van der Waals surface area contributed by atoms with Gasteiger partial charge in [-0.15, -0.1) is 5.10 Å². The highest BCUT2D eigenvalue weighted by Gasteiger charge is 2.38. The Kier molecular flexibility index (Phi) is 7.37. The molecule has 5 rings (SSSR count). The first-order valence-corrected chi connectivity index (χ1v) is 12.6. The van der Waals surface area contributed by atoms with E-state index in [1.54, 1.807) is 6.20 Å². The van der Waals surface area contributed by atoms with Crippen LogP contribution in [-0.4, -0.2) is 56.3 Å². The fourth-order valence-electron chi connectivity index (χ4n) is 5.35. The lowest BCUT2D eigenvalue weighted by molar-refractivity contribution is -0.142. The summed E-state index contributed by atoms with van der Waals surface area (Å²) < 4.78 is 51.1. The molecule has 1 saturated carbocycles. The number of rotatable bonds is 6. The fourth-order valence-corrected chi connectivity index (χ4v) is 5.47. The quantitative estimate of drug-likeness (QED) is 0.425. The molecule has 2 aromatic heterocycles. The summed E-state index contributed by atoms with van der Waals surface area (Å²) in [5, 5.41) is 8.37. The van der Waals surface area contributed by atoms with Crippen LogP contribution in [0.2, 0.25) is 5.02 Å². The summed E-state index contributed by atoms with van der Waals surface area (Å²) in [6.07, 6.45) is 3.04. The average Bonchev–Trinajstić information content (AvgIpc) is 3.49. The maximum absolute atomic E-state index is 12.8. The van der Waals surface area contributed by atoms with Gasteiger partial charge >= 0.3 is 6.18 Å². The molecule has 0 spiro atoms. The number of nitrogens with zero attached hydrogens (tertiary/aromatic N) is 5. The first-order valence-electron chi connectivity index (χ1n) is 12.2. The number of alkyl halides is 3. The largest absolute Gasteiger partial charge is 0.446 e. The topological polar surface area (TPSA) is 69.2 Å². The second kappa shape index (κ2) is 10.5. The van der Waals surface area contributed by atoms with Crippen LogP contribution in [-0.2, 0) is 17.7 Å². The van der Waals surface area contributed by atoms with Crippen molar-refractivity contribution in [1.82, 2.24) is 24.9 Å². The van der Waals surface area contributed by atoms with E-state index in [0.717, 1.165) is 54.0 Å². The lowest BCUT2D eigenvalue weighted by Gasteiger charge is -2.45. The van der Waals surface area contributed by atoms with E-state index in [-0.39, 0.29) is 6.04 Å². The fraction of sp³-hybridized carbons (Fsp3) is 0.560. The molecule has 11 heteroatoms. The molecule has 1 aromatic carbocycles. The molecule has 3 aromatic rings. The van der Waals surface area contributed by atoms with Crippen LogP contribution in [0.4, 0.5) is 13.2 Å². The van der Waals surface area contributed by atoms with Gasteiger partial charge in [0, 0.05) is 29.6 Å². The molecular formula is C25H29ClF3N5O2. The normalized spacial score (nSPS) is 25.8. The molecule has 2 aliphatic rings. The lowest BCUT2D eigenvalue weighted by Crippen LogP contribution is -2.53. The van der Waals surface area contributed by atoms with Crippen LogP contribution in [0, 0.1) is 6.92 Å². The lowest BCUT2D eigenvalue weighted by atomic mass is 9.84. The van der Waals surface area contributed by atoms with Gasteiger partial charge in [0.1, 0.15) is 24.1 Å². The van der Waals surface area contributed by atoms with Gasteiger partial charge in [-0.05, 0) is 56.7 Å². The second-order valence-electron chi connectivity index (χ2n) is 9.77. The molecule has 0 amide bonds. The SMILES string of the molecule is Cc1cnc(C2CCC(N3C[C@H](c4cn(CC(F)(F)F)nn4)OC[C@@H]3Cc3ccc(Cl)cc3)CC2)o1. The van der Waals surface area contributed by atoms with Crippen molar-refractivity contribution in [1.29, 1.82) is 0 Å². The second-order valence-corrected chi connectivity index (χ2v) is 10.2. The Hall–Kier alpha value is -2.43.